The molecule has 2 heterocycles. The first-order valence-electron chi connectivity index (χ1n) is 28.7. The maximum atomic E-state index is 11.2. The second-order valence-electron chi connectivity index (χ2n) is 22.4. The van der Waals surface area contributed by atoms with Gasteiger partial charge < -0.3 is 101 Å². The van der Waals surface area contributed by atoms with Crippen LogP contribution in [0.3, 0.4) is 0 Å². The van der Waals surface area contributed by atoms with Crippen molar-refractivity contribution in [2.75, 3.05) is 6.61 Å². The van der Waals surface area contributed by atoms with E-state index in [0.717, 1.165) is 12.8 Å². The molecule has 25 heteroatoms. The Kier molecular flexibility index (Phi) is 40.1. The first-order chi connectivity index (χ1) is 39.0. The average molecular weight is 1230 g/mol. The van der Waals surface area contributed by atoms with Gasteiger partial charge in [-0.1, -0.05) is 98.9 Å². The van der Waals surface area contributed by atoms with Crippen LogP contribution >= 0.6 is 0 Å². The molecule has 2 rings (SSSR count). The van der Waals surface area contributed by atoms with Crippen LogP contribution in [0.5, 0.6) is 0 Å². The summed E-state index contributed by atoms with van der Waals surface area (Å²) in [4.78, 5) is 0. The second-order valence-corrected chi connectivity index (χ2v) is 23.4. The van der Waals surface area contributed by atoms with Crippen molar-refractivity contribution in [3.8, 4) is 0 Å². The number of hydrogen-bond donors (Lipinski definition) is 17. The zero-order chi connectivity index (χ0) is 62.6. The monoisotopic (exact) mass is 1230 g/mol. The second kappa shape index (κ2) is 42.1. The fourth-order valence-corrected chi connectivity index (χ4v) is 10.3. The zero-order valence-electron chi connectivity index (χ0n) is 49.1. The van der Waals surface area contributed by atoms with E-state index in [1.807, 2.05) is 49.5 Å². The molecule has 0 aromatic carbocycles. The number of hydrogen-bond acceptors (Lipinski definition) is 23. The van der Waals surface area contributed by atoms with E-state index in [1.54, 1.807) is 32.1 Å². The smallest absolute Gasteiger partial charge is 0.726 e. The van der Waals surface area contributed by atoms with E-state index < -0.39 is 151 Å². The SMILES string of the molecule is C=CCC/C=C/C=C/C=C/CC/C=C/[C@@H](O)[C@H](O)[C@@H]1O[C@@H]([C@H](O)[C@H](O)C(=C)CC[C@@H](O)[C@H]2C[C@@H](O)[C@@H](O)[C@H]([C@@H](O)[C@H](O)/C=C(\C)CC[C@H](O)C[C@H](O)[C@H](O)[C@@H](C)C[C@H](O)C(O)CC(C)CC/C=C/CC(CO)OS(=O)(=O)[O-])O2)C[C@@H](O)[C@H]1O.[Na+]. The van der Waals surface area contributed by atoms with Gasteiger partial charge in [0.2, 0.25) is 10.4 Å². The van der Waals surface area contributed by atoms with Gasteiger partial charge in [-0.05, 0) is 108 Å². The van der Waals surface area contributed by atoms with Gasteiger partial charge in [0.05, 0.1) is 67.6 Å². The van der Waals surface area contributed by atoms with Crippen LogP contribution in [0.2, 0.25) is 0 Å². The molecule has 0 radical (unpaired) electrons. The quantitative estimate of drug-likeness (QED) is 0.00730. The minimum atomic E-state index is -4.97. The maximum absolute atomic E-state index is 11.2. The summed E-state index contributed by atoms with van der Waals surface area (Å²) >= 11 is 0. The third-order valence-electron chi connectivity index (χ3n) is 15.1. The van der Waals surface area contributed by atoms with Crippen LogP contribution in [0.1, 0.15) is 124 Å². The van der Waals surface area contributed by atoms with Gasteiger partial charge in [-0.15, -0.1) is 6.58 Å². The predicted molar refractivity (Wildman–Crippen MR) is 306 cm³/mol. The van der Waals surface area contributed by atoms with Crippen LogP contribution < -0.4 is 29.6 Å². The Balaban J connectivity index is 0.0000353. The largest absolute Gasteiger partial charge is 1.00 e. The van der Waals surface area contributed by atoms with E-state index in [-0.39, 0.29) is 105 Å². The summed E-state index contributed by atoms with van der Waals surface area (Å²) in [6, 6.07) is 0. The molecule has 0 aliphatic carbocycles. The average Bonchev–Trinajstić information content (AvgIpc) is 3.47. The summed E-state index contributed by atoms with van der Waals surface area (Å²) in [5.41, 5.74) is 0.464. The van der Waals surface area contributed by atoms with Crippen molar-refractivity contribution in [1.82, 2.24) is 0 Å². The summed E-state index contributed by atoms with van der Waals surface area (Å²) in [7, 11) is -4.97. The Morgan fingerprint density at radius 2 is 1.20 bits per heavy atom. The summed E-state index contributed by atoms with van der Waals surface area (Å²) in [5.74, 6) is -0.779. The van der Waals surface area contributed by atoms with Gasteiger partial charge in [0.1, 0.15) is 67.1 Å². The Labute approximate surface area is 517 Å². The van der Waals surface area contributed by atoms with Crippen molar-refractivity contribution < 1.29 is 143 Å². The van der Waals surface area contributed by atoms with Crippen LogP contribution in [-0.2, 0) is 24.1 Å². The summed E-state index contributed by atoms with van der Waals surface area (Å²) < 4.78 is 48.0. The summed E-state index contributed by atoms with van der Waals surface area (Å²) in [6.07, 6.45) is -7.36. The van der Waals surface area contributed by atoms with Gasteiger partial charge in [0.15, 0.2) is 0 Å². The Morgan fingerprint density at radius 3 is 1.79 bits per heavy atom. The molecule has 0 amide bonds. The molecule has 0 saturated carbocycles. The van der Waals surface area contributed by atoms with Gasteiger partial charge in [0, 0.05) is 19.3 Å². The maximum Gasteiger partial charge on any atom is 1.00 e. The normalized spacial score (nSPS) is 27.6. The molecule has 84 heavy (non-hydrogen) atoms. The van der Waals surface area contributed by atoms with E-state index in [0.29, 0.717) is 31.3 Å². The third-order valence-corrected chi connectivity index (χ3v) is 15.6. The molecule has 0 aromatic heterocycles. The van der Waals surface area contributed by atoms with Gasteiger partial charge in [0.25, 0.3) is 0 Å². The molecule has 23 nitrogen and oxygen atoms in total. The van der Waals surface area contributed by atoms with Gasteiger partial charge in [-0.3, -0.25) is 4.18 Å². The standard InChI is InChI=1S/C59H100O23S.Na/c1-6-7-8-9-10-11-12-13-14-15-16-20-23-42(63)53(72)58-56(75)48(69)33-50(81-58)57(76)52(71)37(4)25-27-41(62)49-32-47(68)55(74)59(80-49)54(73)45(66)29-36(3)24-26-39(61)31-46(67)51(70)38(5)30-44(65)43(64)28-35(2)21-18-17-19-22-40(34-60)82-83(77,78)79;/h6,9-14,17,19-20,23,29,35,38-76H,1,4,7-8,15-16,18,21-22,24-28,30-34H2,2-3,5H3,(H,77,78,79);/q;+1/p-1/b10-9+,12-11+,14-13+,19-17+,23-20+,36-29+;/t35?,38-,39-,40?,41+,42+,43?,44-,45+,46-,47+,48+,49+,50+,51+,52+,53-,54-,55+,56+,57-,58-,59-;/m0./s1. The summed E-state index contributed by atoms with van der Waals surface area (Å²) in [6.45, 7) is 11.8. The number of aliphatic hydroxyl groups is 17. The first kappa shape index (κ1) is 80.0. The topological polar surface area (TPSA) is 429 Å². The number of allylic oxidation sites excluding steroid dienone is 10. The van der Waals surface area contributed by atoms with Crippen molar-refractivity contribution in [3.63, 3.8) is 0 Å². The molecule has 0 aromatic rings. The van der Waals surface area contributed by atoms with E-state index in [2.05, 4.69) is 17.3 Å². The van der Waals surface area contributed by atoms with E-state index in [4.69, 9.17) is 9.47 Å². The molecule has 0 spiro atoms. The van der Waals surface area contributed by atoms with Crippen LogP contribution in [0.15, 0.2) is 97.2 Å². The Morgan fingerprint density at radius 1 is 0.655 bits per heavy atom. The van der Waals surface area contributed by atoms with Crippen LogP contribution in [-0.4, -0.2) is 235 Å². The minimum absolute atomic E-state index is 0. The summed E-state index contributed by atoms with van der Waals surface area (Å²) in [5, 5.41) is 183. The van der Waals surface area contributed by atoms with Crippen molar-refractivity contribution >= 4 is 10.4 Å². The molecule has 2 aliphatic heterocycles. The molecule has 2 saturated heterocycles. The number of rotatable bonds is 41. The van der Waals surface area contributed by atoms with Crippen LogP contribution in [0.25, 0.3) is 0 Å². The Bertz CT molecular complexity index is 2130. The molecule has 0 bridgehead atoms. The van der Waals surface area contributed by atoms with Crippen molar-refractivity contribution in [3.05, 3.63) is 97.2 Å². The molecule has 17 N–H and O–H groups in total. The van der Waals surface area contributed by atoms with Gasteiger partial charge >= 0.3 is 29.6 Å². The van der Waals surface area contributed by atoms with Crippen molar-refractivity contribution in [1.29, 1.82) is 0 Å². The van der Waals surface area contributed by atoms with Gasteiger partial charge in [-0.2, -0.15) is 0 Å². The molecule has 3 unspecified atom stereocenters. The van der Waals surface area contributed by atoms with Crippen molar-refractivity contribution in [2.45, 2.75) is 252 Å². The van der Waals surface area contributed by atoms with Crippen LogP contribution in [0.4, 0.5) is 0 Å². The minimum Gasteiger partial charge on any atom is -0.726 e. The molecule has 2 fully saturated rings. The Hall–Kier alpha value is -1.97. The van der Waals surface area contributed by atoms with Crippen LogP contribution in [0, 0.1) is 11.8 Å². The molecular weight excluding hydrogens is 1130 g/mol. The first-order valence-corrected chi connectivity index (χ1v) is 30.1. The number of aliphatic hydroxyl groups excluding tert-OH is 17. The molecular formula is C59H99NaO23S. The third kappa shape index (κ3) is 30.0. The van der Waals surface area contributed by atoms with Crippen molar-refractivity contribution in [2.24, 2.45) is 11.8 Å². The fourth-order valence-electron chi connectivity index (χ4n) is 9.84. The molecule has 2 aliphatic rings. The van der Waals surface area contributed by atoms with E-state index >= 15 is 0 Å². The zero-order valence-corrected chi connectivity index (χ0v) is 51.9. The van der Waals surface area contributed by atoms with E-state index in [1.165, 1.54) is 12.2 Å². The van der Waals surface area contributed by atoms with Gasteiger partial charge in [-0.25, -0.2) is 8.42 Å². The molecule has 23 atom stereocenters. The predicted octanol–water partition coefficient (Wildman–Crippen LogP) is -2.88. The number of unbranched alkanes of at least 4 members (excludes halogenated alkanes) is 2. The fraction of sp³-hybridized carbons (Fsp3) is 0.729. The molecule has 480 valence electrons. The van der Waals surface area contributed by atoms with E-state index in [9.17, 15) is 99.8 Å². The number of ether oxygens (including phenoxy) is 2.